The first kappa shape index (κ1) is 19.3. The van der Waals surface area contributed by atoms with Gasteiger partial charge in [0.15, 0.2) is 0 Å². The molecule has 0 unspecified atom stereocenters. The third-order valence-electron chi connectivity index (χ3n) is 4.11. The summed E-state index contributed by atoms with van der Waals surface area (Å²) in [5.41, 5.74) is -4.44. The van der Waals surface area contributed by atoms with Gasteiger partial charge in [-0.05, 0) is 38.1 Å². The van der Waals surface area contributed by atoms with Crippen LogP contribution in [0.4, 0.5) is 23.2 Å². The second-order valence-corrected chi connectivity index (χ2v) is 8.74. The molecule has 1 aromatic carbocycles. The van der Waals surface area contributed by atoms with Crippen molar-refractivity contribution >= 4 is 38.9 Å². The molecule has 1 fully saturated rings. The average molecular weight is 404 g/mol. The third kappa shape index (κ3) is 4.08. The highest BCUT2D eigenvalue weighted by Crippen LogP contribution is 2.47. The molecular formula is C17H16F4N2OS2. The topological polar surface area (TPSA) is 45.0 Å². The summed E-state index contributed by atoms with van der Waals surface area (Å²) in [6.07, 6.45) is -0.803. The highest BCUT2D eigenvalue weighted by molar-refractivity contribution is 8.00. The maximum atomic E-state index is 14.3. The van der Waals surface area contributed by atoms with Crippen LogP contribution in [-0.2, 0) is 4.74 Å². The maximum absolute atomic E-state index is 14.3. The van der Waals surface area contributed by atoms with E-state index in [0.29, 0.717) is 22.2 Å². The van der Waals surface area contributed by atoms with Crippen molar-refractivity contribution in [3.05, 3.63) is 23.1 Å². The summed E-state index contributed by atoms with van der Waals surface area (Å²) < 4.78 is 58.8. The fourth-order valence-electron chi connectivity index (χ4n) is 2.98. The lowest BCUT2D eigenvalue weighted by molar-refractivity contribution is -0.0880. The third-order valence-corrected chi connectivity index (χ3v) is 6.24. The molecule has 1 N–H and O–H groups in total. The molecule has 0 amide bonds. The molecule has 0 aliphatic carbocycles. The van der Waals surface area contributed by atoms with Gasteiger partial charge < -0.3 is 10.1 Å². The number of ether oxygens (including phenoxy) is 1. The average Bonchev–Trinajstić information content (AvgIpc) is 2.88. The van der Waals surface area contributed by atoms with E-state index in [2.05, 4.69) is 5.32 Å². The van der Waals surface area contributed by atoms with E-state index >= 15 is 0 Å². The second kappa shape index (κ2) is 6.91. The molecule has 9 heteroatoms. The standard InChI is InChI=1S/C17H16F4N2OS2/c1-16(2)6-12(10(18)8-24-16)23-11-5-3-4-9-14(11)25-13(7-22)15(9)26-17(19,20)21/h3-5,10,12,23H,6,8H2,1-2H3/t10-,12+/m1/s1. The Labute approximate surface area is 156 Å². The molecular weight excluding hydrogens is 388 g/mol. The van der Waals surface area contributed by atoms with Crippen molar-refractivity contribution in [2.24, 2.45) is 0 Å². The largest absolute Gasteiger partial charge is 0.446 e. The molecule has 2 aromatic rings. The van der Waals surface area contributed by atoms with Gasteiger partial charge in [0.25, 0.3) is 0 Å². The van der Waals surface area contributed by atoms with Gasteiger partial charge in [0.2, 0.25) is 0 Å². The van der Waals surface area contributed by atoms with E-state index in [-0.39, 0.29) is 28.1 Å². The van der Waals surface area contributed by atoms with Crippen LogP contribution in [0.1, 0.15) is 25.1 Å². The van der Waals surface area contributed by atoms with E-state index < -0.39 is 23.3 Å². The van der Waals surface area contributed by atoms with Crippen molar-refractivity contribution < 1.29 is 22.3 Å². The summed E-state index contributed by atoms with van der Waals surface area (Å²) in [6.45, 7) is 3.69. The molecule has 26 heavy (non-hydrogen) atoms. The normalized spacial score (nSPS) is 23.0. The number of hydrogen-bond acceptors (Lipinski definition) is 5. The summed E-state index contributed by atoms with van der Waals surface area (Å²) >= 11 is 0.692. The smallest absolute Gasteiger partial charge is 0.378 e. The van der Waals surface area contributed by atoms with Gasteiger partial charge in [-0.3, -0.25) is 0 Å². The zero-order valence-electron chi connectivity index (χ0n) is 14.0. The quantitative estimate of drug-likeness (QED) is 0.526. The van der Waals surface area contributed by atoms with Gasteiger partial charge in [-0.2, -0.15) is 18.4 Å². The minimum Gasteiger partial charge on any atom is -0.378 e. The Kier molecular flexibility index (Phi) is 5.12. The molecule has 3 rings (SSSR count). The number of hydrogen-bond donors (Lipinski definition) is 1. The molecule has 0 spiro atoms. The zero-order chi connectivity index (χ0) is 19.1. The van der Waals surface area contributed by atoms with Gasteiger partial charge in [0.1, 0.15) is 17.1 Å². The molecule has 0 bridgehead atoms. The molecule has 2 heterocycles. The predicted molar refractivity (Wildman–Crippen MR) is 95.4 cm³/mol. The van der Waals surface area contributed by atoms with Crippen LogP contribution in [0.2, 0.25) is 0 Å². The number of benzene rings is 1. The van der Waals surface area contributed by atoms with Crippen molar-refractivity contribution in [3.8, 4) is 6.07 Å². The second-order valence-electron chi connectivity index (χ2n) is 6.64. The van der Waals surface area contributed by atoms with E-state index in [0.717, 1.165) is 11.3 Å². The highest BCUT2D eigenvalue weighted by atomic mass is 32.2. The maximum Gasteiger partial charge on any atom is 0.446 e. The van der Waals surface area contributed by atoms with E-state index in [9.17, 15) is 22.8 Å². The van der Waals surface area contributed by atoms with Crippen molar-refractivity contribution in [3.63, 3.8) is 0 Å². The minimum atomic E-state index is -4.49. The Morgan fingerprint density at radius 1 is 1.38 bits per heavy atom. The summed E-state index contributed by atoms with van der Waals surface area (Å²) in [4.78, 5) is -0.103. The van der Waals surface area contributed by atoms with Gasteiger partial charge in [0, 0.05) is 5.39 Å². The van der Waals surface area contributed by atoms with E-state index in [4.69, 9.17) is 4.74 Å². The lowest BCUT2D eigenvalue weighted by Gasteiger charge is -2.38. The first-order valence-electron chi connectivity index (χ1n) is 7.85. The Balaban J connectivity index is 1.99. The van der Waals surface area contributed by atoms with Crippen LogP contribution in [-0.4, -0.2) is 29.9 Å². The van der Waals surface area contributed by atoms with E-state index in [1.807, 2.05) is 19.9 Å². The first-order chi connectivity index (χ1) is 12.1. The molecule has 1 aliphatic rings. The van der Waals surface area contributed by atoms with Crippen LogP contribution in [0.5, 0.6) is 0 Å². The Bertz CT molecular complexity index is 857. The van der Waals surface area contributed by atoms with Gasteiger partial charge in [-0.1, -0.05) is 12.1 Å². The number of nitrogens with zero attached hydrogens (tertiary/aromatic N) is 1. The van der Waals surface area contributed by atoms with Crippen LogP contribution in [0.15, 0.2) is 23.1 Å². The number of fused-ring (bicyclic) bond motifs is 1. The summed E-state index contributed by atoms with van der Waals surface area (Å²) in [6, 6.07) is 6.17. The molecule has 1 aliphatic heterocycles. The molecule has 0 saturated carbocycles. The Hall–Kier alpha value is -1.50. The molecule has 1 saturated heterocycles. The SMILES string of the molecule is CC1(C)C[C@H](Nc2cccc3c(SC(F)(F)F)c(C#N)sc23)[C@H](F)CO1. The molecule has 3 nitrogen and oxygen atoms in total. The van der Waals surface area contributed by atoms with Crippen molar-refractivity contribution in [2.75, 3.05) is 11.9 Å². The number of nitrogens with one attached hydrogen (secondary N) is 1. The fourth-order valence-corrected chi connectivity index (χ4v) is 4.91. The van der Waals surface area contributed by atoms with Crippen molar-refractivity contribution in [2.45, 2.75) is 48.5 Å². The van der Waals surface area contributed by atoms with E-state index in [1.54, 1.807) is 18.2 Å². The predicted octanol–water partition coefficient (Wildman–Crippen LogP) is 5.70. The number of thiophene rings is 1. The highest BCUT2D eigenvalue weighted by Gasteiger charge is 2.37. The van der Waals surface area contributed by atoms with Crippen LogP contribution in [0.25, 0.3) is 10.1 Å². The zero-order valence-corrected chi connectivity index (χ0v) is 15.6. The van der Waals surface area contributed by atoms with Crippen LogP contribution < -0.4 is 5.32 Å². The van der Waals surface area contributed by atoms with Gasteiger partial charge in [-0.15, -0.1) is 11.3 Å². The van der Waals surface area contributed by atoms with Crippen LogP contribution >= 0.6 is 23.1 Å². The van der Waals surface area contributed by atoms with Gasteiger partial charge in [-0.25, -0.2) is 4.39 Å². The number of halogens is 4. The lowest BCUT2D eigenvalue weighted by atomic mass is 9.92. The van der Waals surface area contributed by atoms with E-state index in [1.165, 1.54) is 0 Å². The molecule has 140 valence electrons. The van der Waals surface area contributed by atoms with Crippen molar-refractivity contribution in [1.82, 2.24) is 0 Å². The number of nitriles is 1. The number of anilines is 1. The van der Waals surface area contributed by atoms with Crippen LogP contribution in [0, 0.1) is 11.3 Å². The number of rotatable bonds is 3. The molecule has 0 radical (unpaired) electrons. The minimum absolute atomic E-state index is 0.000630. The van der Waals surface area contributed by atoms with Gasteiger partial charge in [0.05, 0.1) is 33.5 Å². The summed E-state index contributed by atoms with van der Waals surface area (Å²) in [5, 5.41) is 12.7. The fraction of sp³-hybridized carbons (Fsp3) is 0.471. The Morgan fingerprint density at radius 2 is 2.12 bits per heavy atom. The van der Waals surface area contributed by atoms with Crippen molar-refractivity contribution in [1.29, 1.82) is 5.26 Å². The van der Waals surface area contributed by atoms with Gasteiger partial charge >= 0.3 is 5.51 Å². The summed E-state index contributed by atoms with van der Waals surface area (Å²) in [5.74, 6) is 0. The molecule has 2 atom stereocenters. The number of thioether (sulfide) groups is 1. The monoisotopic (exact) mass is 404 g/mol. The number of alkyl halides is 4. The van der Waals surface area contributed by atoms with Crippen LogP contribution in [0.3, 0.4) is 0 Å². The lowest BCUT2D eigenvalue weighted by Crippen LogP contribution is -2.47. The molecule has 1 aromatic heterocycles. The first-order valence-corrected chi connectivity index (χ1v) is 9.49. The Morgan fingerprint density at radius 3 is 2.77 bits per heavy atom. The summed E-state index contributed by atoms with van der Waals surface area (Å²) in [7, 11) is 0.